The lowest BCUT2D eigenvalue weighted by molar-refractivity contribution is -0.138. The fourth-order valence-corrected chi connectivity index (χ4v) is 3.42. The number of urea groups is 1. The normalized spacial score (nSPS) is 17.7. The largest absolute Gasteiger partial charge is 0.480 e. The number of amides is 3. The van der Waals surface area contributed by atoms with Crippen molar-refractivity contribution in [2.75, 3.05) is 33.2 Å². The minimum Gasteiger partial charge on any atom is -0.480 e. The third kappa shape index (κ3) is 8.06. The van der Waals surface area contributed by atoms with Crippen LogP contribution in [0.4, 0.5) is 4.79 Å². The zero-order valence-corrected chi connectivity index (χ0v) is 16.4. The monoisotopic (exact) mass is 390 g/mol. The van der Waals surface area contributed by atoms with Gasteiger partial charge in [0.15, 0.2) is 0 Å². The van der Waals surface area contributed by atoms with Crippen LogP contribution < -0.4 is 10.6 Å². The summed E-state index contributed by atoms with van der Waals surface area (Å²) in [4.78, 5) is 38.8. The topological polar surface area (TPSA) is 102 Å². The maximum atomic E-state index is 12.0. The van der Waals surface area contributed by atoms with Crippen molar-refractivity contribution in [3.63, 3.8) is 0 Å². The molecule has 8 nitrogen and oxygen atoms in total. The smallest absolute Gasteiger partial charge is 0.321 e. The third-order valence-corrected chi connectivity index (χ3v) is 5.00. The fourth-order valence-electron chi connectivity index (χ4n) is 3.42. The number of carbonyl (C=O) groups excluding carboxylic acids is 2. The molecule has 0 spiro atoms. The van der Waals surface area contributed by atoms with Crippen LogP contribution in [-0.2, 0) is 16.1 Å². The summed E-state index contributed by atoms with van der Waals surface area (Å²) < 4.78 is 0. The van der Waals surface area contributed by atoms with Gasteiger partial charge in [-0.15, -0.1) is 0 Å². The van der Waals surface area contributed by atoms with Gasteiger partial charge in [0.1, 0.15) is 0 Å². The number of likely N-dealkylation sites (N-methyl/N-ethyl adjacent to an activating group) is 1. The molecule has 154 valence electrons. The van der Waals surface area contributed by atoms with Crippen LogP contribution in [-0.4, -0.2) is 72.1 Å². The van der Waals surface area contributed by atoms with Gasteiger partial charge in [0, 0.05) is 25.6 Å². The van der Waals surface area contributed by atoms with Gasteiger partial charge in [-0.25, -0.2) is 4.79 Å². The van der Waals surface area contributed by atoms with Crippen LogP contribution >= 0.6 is 0 Å². The molecule has 0 bridgehead atoms. The van der Waals surface area contributed by atoms with Gasteiger partial charge in [0.05, 0.1) is 6.54 Å². The predicted octanol–water partition coefficient (Wildman–Crippen LogP) is 1.27. The first-order chi connectivity index (χ1) is 13.4. The van der Waals surface area contributed by atoms with Gasteiger partial charge < -0.3 is 15.3 Å². The van der Waals surface area contributed by atoms with Crippen molar-refractivity contribution in [1.82, 2.24) is 20.4 Å². The Morgan fingerprint density at radius 2 is 1.93 bits per heavy atom. The van der Waals surface area contributed by atoms with Gasteiger partial charge in [-0.05, 0) is 45.0 Å². The summed E-state index contributed by atoms with van der Waals surface area (Å²) in [5.74, 6) is -1.11. The number of nitrogens with zero attached hydrogens (tertiary/aromatic N) is 2. The molecule has 1 aliphatic rings. The maximum Gasteiger partial charge on any atom is 0.321 e. The van der Waals surface area contributed by atoms with Crippen LogP contribution in [0.1, 0.15) is 31.2 Å². The van der Waals surface area contributed by atoms with Crippen LogP contribution in [0, 0.1) is 0 Å². The summed E-state index contributed by atoms with van der Waals surface area (Å²) >= 11 is 0. The van der Waals surface area contributed by atoms with Crippen molar-refractivity contribution >= 4 is 17.9 Å². The number of nitrogens with one attached hydrogen (secondary N) is 2. The Labute approximate surface area is 165 Å². The highest BCUT2D eigenvalue weighted by atomic mass is 16.4. The van der Waals surface area contributed by atoms with E-state index in [1.54, 1.807) is 0 Å². The number of hydrogen-bond acceptors (Lipinski definition) is 5. The molecule has 1 heterocycles. The first-order valence-electron chi connectivity index (χ1n) is 9.70. The number of benzene rings is 1. The van der Waals surface area contributed by atoms with E-state index in [0.29, 0.717) is 13.1 Å². The van der Waals surface area contributed by atoms with Crippen LogP contribution in [0.25, 0.3) is 0 Å². The quantitative estimate of drug-likeness (QED) is 0.618. The molecule has 1 aromatic carbocycles. The van der Waals surface area contributed by atoms with Crippen LogP contribution in [0.15, 0.2) is 30.3 Å². The number of rotatable bonds is 8. The van der Waals surface area contributed by atoms with Crippen molar-refractivity contribution in [3.8, 4) is 0 Å². The number of carboxylic acid groups (broad SMARTS) is 1. The second kappa shape index (κ2) is 11.4. The molecular weight excluding hydrogens is 360 g/mol. The molecule has 1 aromatic rings. The fraction of sp³-hybridized carbons (Fsp3) is 0.550. The number of aliphatic carboxylic acids is 1. The Kier molecular flexibility index (Phi) is 8.90. The number of carboxylic acids is 1. The van der Waals surface area contributed by atoms with Gasteiger partial charge in [0.25, 0.3) is 0 Å². The van der Waals surface area contributed by atoms with Crippen molar-refractivity contribution in [1.29, 1.82) is 0 Å². The Morgan fingerprint density at radius 3 is 2.64 bits per heavy atom. The number of imide groups is 1. The van der Waals surface area contributed by atoms with Crippen LogP contribution in [0.3, 0.4) is 0 Å². The Morgan fingerprint density at radius 1 is 1.18 bits per heavy atom. The molecule has 0 aliphatic carbocycles. The van der Waals surface area contributed by atoms with Crippen molar-refractivity contribution in [2.24, 2.45) is 0 Å². The summed E-state index contributed by atoms with van der Waals surface area (Å²) in [6.07, 6.45) is 3.06. The molecule has 1 saturated heterocycles. The van der Waals surface area contributed by atoms with Gasteiger partial charge >= 0.3 is 12.0 Å². The molecule has 0 saturated carbocycles. The van der Waals surface area contributed by atoms with E-state index in [2.05, 4.69) is 15.5 Å². The minimum atomic E-state index is -0.814. The molecule has 1 aliphatic heterocycles. The number of carbonyl (C=O) groups is 3. The second-order valence-electron chi connectivity index (χ2n) is 7.20. The molecule has 1 atom stereocenters. The minimum absolute atomic E-state index is 0.0468. The highest BCUT2D eigenvalue weighted by Gasteiger charge is 2.22. The third-order valence-electron chi connectivity index (χ3n) is 5.00. The molecule has 1 fully saturated rings. The Bertz CT molecular complexity index is 653. The molecule has 0 aromatic heterocycles. The van der Waals surface area contributed by atoms with E-state index < -0.39 is 12.0 Å². The van der Waals surface area contributed by atoms with Gasteiger partial charge in [-0.3, -0.25) is 19.8 Å². The Hall–Kier alpha value is -2.45. The molecule has 3 N–H and O–H groups in total. The second-order valence-corrected chi connectivity index (χ2v) is 7.20. The highest BCUT2D eigenvalue weighted by Crippen LogP contribution is 2.15. The van der Waals surface area contributed by atoms with Crippen molar-refractivity contribution in [3.05, 3.63) is 35.9 Å². The first kappa shape index (κ1) is 21.8. The SMILES string of the molecule is CN(CC(=O)O)C1CCCN(CCC(=O)NC(=O)NCc2ccccc2)CC1. The average molecular weight is 390 g/mol. The predicted molar refractivity (Wildman–Crippen MR) is 106 cm³/mol. The van der Waals surface area contributed by atoms with Crippen molar-refractivity contribution < 1.29 is 19.5 Å². The van der Waals surface area contributed by atoms with Gasteiger partial charge in [-0.2, -0.15) is 0 Å². The number of hydrogen-bond donors (Lipinski definition) is 3. The lowest BCUT2D eigenvalue weighted by atomic mass is 10.1. The molecular formula is C20H30N4O4. The van der Waals surface area contributed by atoms with E-state index in [1.165, 1.54) is 0 Å². The molecule has 3 amide bonds. The summed E-state index contributed by atoms with van der Waals surface area (Å²) in [5, 5.41) is 14.0. The molecule has 8 heteroatoms. The van der Waals surface area contributed by atoms with E-state index in [-0.39, 0.29) is 24.9 Å². The molecule has 2 rings (SSSR count). The highest BCUT2D eigenvalue weighted by molar-refractivity contribution is 5.94. The van der Waals surface area contributed by atoms with Gasteiger partial charge in [-0.1, -0.05) is 30.3 Å². The summed E-state index contributed by atoms with van der Waals surface area (Å²) in [6, 6.07) is 9.27. The Balaban J connectivity index is 1.65. The van der Waals surface area contributed by atoms with E-state index in [1.807, 2.05) is 42.3 Å². The molecule has 0 radical (unpaired) electrons. The summed E-state index contributed by atoms with van der Waals surface area (Å²) in [6.45, 7) is 2.71. The standard InChI is InChI=1S/C20H30N4O4/c1-23(15-19(26)27)17-8-5-11-24(12-9-17)13-10-18(25)22-20(28)21-14-16-6-3-2-4-7-16/h2-4,6-7,17H,5,8-15H2,1H3,(H,26,27)(H2,21,22,25,28). The van der Waals surface area contributed by atoms with Crippen LogP contribution in [0.5, 0.6) is 0 Å². The van der Waals surface area contributed by atoms with Gasteiger partial charge in [0.2, 0.25) is 5.91 Å². The lowest BCUT2D eigenvalue weighted by Gasteiger charge is -2.25. The first-order valence-corrected chi connectivity index (χ1v) is 9.70. The van der Waals surface area contributed by atoms with E-state index in [4.69, 9.17) is 5.11 Å². The molecule has 1 unspecified atom stereocenters. The van der Waals surface area contributed by atoms with Crippen LogP contribution in [0.2, 0.25) is 0 Å². The van der Waals surface area contributed by atoms with E-state index in [9.17, 15) is 14.4 Å². The summed E-state index contributed by atoms with van der Waals surface area (Å²) in [5.41, 5.74) is 0.970. The van der Waals surface area contributed by atoms with E-state index in [0.717, 1.165) is 37.9 Å². The van der Waals surface area contributed by atoms with E-state index >= 15 is 0 Å². The number of likely N-dealkylation sites (tertiary alicyclic amines) is 1. The van der Waals surface area contributed by atoms with Crippen molar-refractivity contribution in [2.45, 2.75) is 38.3 Å². The zero-order valence-electron chi connectivity index (χ0n) is 16.4. The summed E-state index contributed by atoms with van der Waals surface area (Å²) in [7, 11) is 1.84. The molecule has 28 heavy (non-hydrogen) atoms. The average Bonchev–Trinajstić information content (AvgIpc) is 2.91. The zero-order chi connectivity index (χ0) is 20.4. The lowest BCUT2D eigenvalue weighted by Crippen LogP contribution is -2.40. The maximum absolute atomic E-state index is 12.0.